The van der Waals surface area contributed by atoms with Crippen molar-refractivity contribution in [1.29, 1.82) is 0 Å². The number of piperidine rings is 1. The van der Waals surface area contributed by atoms with E-state index >= 15 is 0 Å². The highest BCUT2D eigenvalue weighted by molar-refractivity contribution is 5.78. The highest BCUT2D eigenvalue weighted by Crippen LogP contribution is 2.25. The molecule has 0 saturated carbocycles. The molecule has 1 aromatic carbocycles. The summed E-state index contributed by atoms with van der Waals surface area (Å²) in [5, 5.41) is 13.8. The molecule has 0 bridgehead atoms. The fourth-order valence-corrected chi connectivity index (χ4v) is 4.50. The van der Waals surface area contributed by atoms with Crippen LogP contribution < -0.4 is 0 Å². The lowest BCUT2D eigenvalue weighted by atomic mass is 9.95. The number of rotatable bonds is 5. The highest BCUT2D eigenvalue weighted by atomic mass is 16.3. The Balaban J connectivity index is 0.000000618. The fourth-order valence-electron chi connectivity index (χ4n) is 4.50. The number of nitrogens with zero attached hydrogens (tertiary/aromatic N) is 4. The van der Waals surface area contributed by atoms with E-state index in [0.717, 1.165) is 52.0 Å². The highest BCUT2D eigenvalue weighted by Gasteiger charge is 2.29. The first-order chi connectivity index (χ1) is 16.5. The van der Waals surface area contributed by atoms with E-state index in [1.165, 1.54) is 16.7 Å². The predicted octanol–water partition coefficient (Wildman–Crippen LogP) is 1.96. The SMILES string of the molecule is CN(CC(=O)N1CCC(N2CCc3ccccc3C2)CC1)Cc1ccncc1.O=CO.O=CO. The number of fused-ring (bicyclic) bond motifs is 1. The van der Waals surface area contributed by atoms with E-state index in [4.69, 9.17) is 19.8 Å². The minimum Gasteiger partial charge on any atom is -0.483 e. The van der Waals surface area contributed by atoms with Crippen LogP contribution in [0.15, 0.2) is 48.8 Å². The van der Waals surface area contributed by atoms with E-state index in [2.05, 4.69) is 43.9 Å². The Bertz CT molecular complexity index is 882. The number of carbonyl (C=O) groups is 3. The summed E-state index contributed by atoms with van der Waals surface area (Å²) >= 11 is 0. The second-order valence-corrected chi connectivity index (χ2v) is 8.34. The van der Waals surface area contributed by atoms with Crippen LogP contribution in [0.5, 0.6) is 0 Å². The summed E-state index contributed by atoms with van der Waals surface area (Å²) < 4.78 is 0. The van der Waals surface area contributed by atoms with Gasteiger partial charge in [0, 0.05) is 51.2 Å². The van der Waals surface area contributed by atoms with Crippen molar-refractivity contribution in [2.45, 2.75) is 38.4 Å². The molecule has 2 aliphatic heterocycles. The minimum absolute atomic E-state index is 0.249. The number of likely N-dealkylation sites (N-methyl/N-ethyl adjacent to an activating group) is 1. The average Bonchev–Trinajstić information content (AvgIpc) is 2.85. The number of carbonyl (C=O) groups excluding carboxylic acids is 1. The van der Waals surface area contributed by atoms with E-state index in [9.17, 15) is 4.79 Å². The molecule has 9 heteroatoms. The van der Waals surface area contributed by atoms with Gasteiger partial charge in [-0.2, -0.15) is 0 Å². The fraction of sp³-hybridized carbons (Fsp3) is 0.440. The summed E-state index contributed by atoms with van der Waals surface area (Å²) in [7, 11) is 2.01. The summed E-state index contributed by atoms with van der Waals surface area (Å²) in [6.45, 7) is 4.71. The van der Waals surface area contributed by atoms with Gasteiger partial charge in [0.1, 0.15) is 0 Å². The van der Waals surface area contributed by atoms with Crippen LogP contribution in [0.1, 0.15) is 29.5 Å². The van der Waals surface area contributed by atoms with Crippen molar-refractivity contribution in [3.63, 3.8) is 0 Å². The van der Waals surface area contributed by atoms with Gasteiger partial charge in [0.25, 0.3) is 12.9 Å². The molecule has 2 aliphatic rings. The van der Waals surface area contributed by atoms with Crippen molar-refractivity contribution in [2.75, 3.05) is 33.2 Å². The summed E-state index contributed by atoms with van der Waals surface area (Å²) in [4.78, 5) is 40.2. The van der Waals surface area contributed by atoms with Crippen molar-refractivity contribution < 1.29 is 24.6 Å². The van der Waals surface area contributed by atoms with Gasteiger partial charge in [-0.05, 0) is 55.1 Å². The van der Waals surface area contributed by atoms with Gasteiger partial charge in [-0.1, -0.05) is 24.3 Å². The number of hydrogen-bond donors (Lipinski definition) is 2. The van der Waals surface area contributed by atoms with Gasteiger partial charge in [0.15, 0.2) is 0 Å². The monoisotopic (exact) mass is 470 g/mol. The maximum absolute atomic E-state index is 12.7. The summed E-state index contributed by atoms with van der Waals surface area (Å²) in [6, 6.07) is 13.4. The Morgan fingerprint density at radius 3 is 2.24 bits per heavy atom. The van der Waals surface area contributed by atoms with Crippen molar-refractivity contribution in [3.05, 3.63) is 65.5 Å². The molecule has 3 heterocycles. The molecule has 0 atom stereocenters. The lowest BCUT2D eigenvalue weighted by Crippen LogP contribution is -2.49. The third-order valence-corrected chi connectivity index (χ3v) is 6.10. The van der Waals surface area contributed by atoms with Gasteiger partial charge in [-0.3, -0.25) is 29.2 Å². The predicted molar refractivity (Wildman–Crippen MR) is 128 cm³/mol. The van der Waals surface area contributed by atoms with Crippen LogP contribution >= 0.6 is 0 Å². The van der Waals surface area contributed by atoms with E-state index in [1.54, 1.807) is 12.4 Å². The van der Waals surface area contributed by atoms with Crippen LogP contribution in [0.3, 0.4) is 0 Å². The molecule has 0 spiro atoms. The van der Waals surface area contributed by atoms with Crippen molar-refractivity contribution in [1.82, 2.24) is 19.7 Å². The number of hydrogen-bond acceptors (Lipinski definition) is 6. The number of pyridine rings is 1. The Labute approximate surface area is 200 Å². The van der Waals surface area contributed by atoms with Gasteiger partial charge >= 0.3 is 0 Å². The molecule has 1 saturated heterocycles. The minimum atomic E-state index is -0.250. The standard InChI is InChI=1S/C23H30N4O.2CH2O2/c1-25(16-19-6-11-24-12-7-19)18-23(28)26-14-9-22(10-15-26)27-13-8-20-4-2-3-5-21(20)17-27;2*2-1-3/h2-7,11-12,22H,8-10,13-18H2,1H3;2*1H,(H,2,3). The summed E-state index contributed by atoms with van der Waals surface area (Å²) in [5.41, 5.74) is 4.17. The molecule has 184 valence electrons. The smallest absolute Gasteiger partial charge is 0.290 e. The normalized spacial score (nSPS) is 15.8. The first kappa shape index (κ1) is 26.9. The van der Waals surface area contributed by atoms with Gasteiger partial charge < -0.3 is 15.1 Å². The molecule has 2 aromatic rings. The van der Waals surface area contributed by atoms with Crippen molar-refractivity contribution in [2.24, 2.45) is 0 Å². The molecule has 1 amide bonds. The zero-order chi connectivity index (χ0) is 24.8. The van der Waals surface area contributed by atoms with E-state index in [-0.39, 0.29) is 18.9 Å². The zero-order valence-electron chi connectivity index (χ0n) is 19.6. The number of carboxylic acid groups (broad SMARTS) is 2. The molecule has 2 N–H and O–H groups in total. The first-order valence-electron chi connectivity index (χ1n) is 11.3. The topological polar surface area (TPSA) is 114 Å². The lowest BCUT2D eigenvalue weighted by molar-refractivity contribution is -0.134. The van der Waals surface area contributed by atoms with Crippen LogP contribution in [-0.4, -0.2) is 88.0 Å². The van der Waals surface area contributed by atoms with Crippen molar-refractivity contribution >= 4 is 18.9 Å². The number of aromatic nitrogens is 1. The molecule has 4 rings (SSSR count). The molecule has 0 aliphatic carbocycles. The van der Waals surface area contributed by atoms with Crippen LogP contribution in [0.4, 0.5) is 0 Å². The Morgan fingerprint density at radius 2 is 1.62 bits per heavy atom. The molecule has 0 radical (unpaired) electrons. The van der Waals surface area contributed by atoms with E-state index in [0.29, 0.717) is 12.6 Å². The van der Waals surface area contributed by atoms with Gasteiger partial charge in [0.05, 0.1) is 6.54 Å². The molecule has 0 unspecified atom stereocenters. The Kier molecular flexibility index (Phi) is 11.7. The van der Waals surface area contributed by atoms with Gasteiger partial charge in [0.2, 0.25) is 5.91 Å². The van der Waals surface area contributed by atoms with Crippen LogP contribution in [0, 0.1) is 0 Å². The number of likely N-dealkylation sites (tertiary alicyclic amines) is 1. The third-order valence-electron chi connectivity index (χ3n) is 6.10. The maximum atomic E-state index is 12.7. The maximum Gasteiger partial charge on any atom is 0.290 e. The van der Waals surface area contributed by atoms with Crippen LogP contribution in [0.25, 0.3) is 0 Å². The molecule has 1 aromatic heterocycles. The summed E-state index contributed by atoms with van der Waals surface area (Å²) in [5.74, 6) is 0.249. The largest absolute Gasteiger partial charge is 0.483 e. The Hall–Kier alpha value is -3.30. The second-order valence-electron chi connectivity index (χ2n) is 8.34. The van der Waals surface area contributed by atoms with Crippen LogP contribution in [0.2, 0.25) is 0 Å². The quantitative estimate of drug-likeness (QED) is 0.638. The van der Waals surface area contributed by atoms with E-state index < -0.39 is 0 Å². The zero-order valence-corrected chi connectivity index (χ0v) is 19.6. The molecule has 34 heavy (non-hydrogen) atoms. The van der Waals surface area contributed by atoms with Gasteiger partial charge in [-0.25, -0.2) is 0 Å². The van der Waals surface area contributed by atoms with Crippen LogP contribution in [-0.2, 0) is 33.9 Å². The first-order valence-corrected chi connectivity index (χ1v) is 11.3. The molecular weight excluding hydrogens is 436 g/mol. The Morgan fingerprint density at radius 1 is 1.03 bits per heavy atom. The second kappa shape index (κ2) is 14.8. The van der Waals surface area contributed by atoms with E-state index in [1.807, 2.05) is 19.2 Å². The molecular formula is C25H34N4O5. The third kappa shape index (κ3) is 8.57. The number of amides is 1. The molecule has 1 fully saturated rings. The summed E-state index contributed by atoms with van der Waals surface area (Å²) in [6.07, 6.45) is 6.92. The number of benzene rings is 1. The van der Waals surface area contributed by atoms with Gasteiger partial charge in [-0.15, -0.1) is 0 Å². The van der Waals surface area contributed by atoms with Crippen molar-refractivity contribution in [3.8, 4) is 0 Å². The lowest BCUT2D eigenvalue weighted by Gasteiger charge is -2.41. The molecule has 9 nitrogen and oxygen atoms in total. The average molecular weight is 471 g/mol.